The Kier molecular flexibility index (Phi) is 2.22. The van der Waals surface area contributed by atoms with Crippen molar-refractivity contribution < 1.29 is 13.5 Å². The molecule has 72 valence electrons. The number of rotatable bonds is 2. The van der Waals surface area contributed by atoms with E-state index in [0.29, 0.717) is 5.52 Å². The highest BCUT2D eigenvalue weighted by Gasteiger charge is 2.04. The molecule has 0 spiro atoms. The van der Waals surface area contributed by atoms with Gasteiger partial charge in [-0.2, -0.15) is 8.78 Å². The molecule has 0 saturated carbocycles. The normalized spacial score (nSPS) is 10.8. The van der Waals surface area contributed by atoms with Gasteiger partial charge in [-0.15, -0.1) is 0 Å². The molecule has 1 aromatic heterocycles. The number of fused-ring (bicyclic) bond motifs is 1. The summed E-state index contributed by atoms with van der Waals surface area (Å²) in [6, 6.07) is 4.54. The summed E-state index contributed by atoms with van der Waals surface area (Å²) in [5.41, 5.74) is 0.582. The lowest BCUT2D eigenvalue weighted by Crippen LogP contribution is -2.01. The molecule has 0 saturated heterocycles. The number of hydrogen-bond acceptors (Lipinski definition) is 3. The van der Waals surface area contributed by atoms with E-state index in [4.69, 9.17) is 0 Å². The van der Waals surface area contributed by atoms with E-state index < -0.39 is 6.61 Å². The van der Waals surface area contributed by atoms with E-state index in [2.05, 4.69) is 14.7 Å². The van der Waals surface area contributed by atoms with Crippen LogP contribution in [-0.2, 0) is 0 Å². The van der Waals surface area contributed by atoms with Gasteiger partial charge >= 0.3 is 6.61 Å². The van der Waals surface area contributed by atoms with Gasteiger partial charge in [0.15, 0.2) is 0 Å². The van der Waals surface area contributed by atoms with Crippen molar-refractivity contribution in [2.24, 2.45) is 0 Å². The SMILES string of the molecule is FC(F)Oc1ccc2cncnc2c1. The van der Waals surface area contributed by atoms with E-state index in [1.165, 1.54) is 18.5 Å². The number of nitrogens with zero attached hydrogens (tertiary/aromatic N) is 2. The zero-order chi connectivity index (χ0) is 9.97. The van der Waals surface area contributed by atoms with Crippen molar-refractivity contribution in [3.63, 3.8) is 0 Å². The van der Waals surface area contributed by atoms with E-state index in [1.54, 1.807) is 12.3 Å². The minimum absolute atomic E-state index is 0.103. The minimum Gasteiger partial charge on any atom is -0.435 e. The molecular weight excluding hydrogens is 190 g/mol. The van der Waals surface area contributed by atoms with Crippen LogP contribution in [0.2, 0.25) is 0 Å². The number of alkyl halides is 2. The maximum absolute atomic E-state index is 11.9. The highest BCUT2D eigenvalue weighted by Crippen LogP contribution is 2.19. The van der Waals surface area contributed by atoms with Gasteiger partial charge in [-0.05, 0) is 12.1 Å². The second kappa shape index (κ2) is 3.53. The molecule has 0 atom stereocenters. The standard InChI is InChI=1S/C9H6F2N2O/c10-9(11)14-7-2-1-6-4-12-5-13-8(6)3-7/h1-5,9H. The number of hydrogen-bond donors (Lipinski definition) is 0. The molecule has 3 nitrogen and oxygen atoms in total. The molecule has 2 aromatic rings. The van der Waals surface area contributed by atoms with E-state index in [-0.39, 0.29) is 5.75 Å². The Hall–Kier alpha value is -1.78. The van der Waals surface area contributed by atoms with Crippen LogP contribution in [0.4, 0.5) is 8.78 Å². The lowest BCUT2D eigenvalue weighted by atomic mass is 10.2. The Morgan fingerprint density at radius 3 is 2.93 bits per heavy atom. The predicted octanol–water partition coefficient (Wildman–Crippen LogP) is 2.23. The van der Waals surface area contributed by atoms with Crippen molar-refractivity contribution in [3.05, 3.63) is 30.7 Å². The highest BCUT2D eigenvalue weighted by atomic mass is 19.3. The molecule has 0 bridgehead atoms. The fourth-order valence-corrected chi connectivity index (χ4v) is 1.13. The maximum atomic E-state index is 11.9. The maximum Gasteiger partial charge on any atom is 0.387 e. The lowest BCUT2D eigenvalue weighted by Gasteiger charge is -2.04. The first kappa shape index (κ1) is 8.80. The summed E-state index contributed by atoms with van der Waals surface area (Å²) in [5.74, 6) is 0.103. The summed E-state index contributed by atoms with van der Waals surface area (Å²) in [5, 5.41) is 0.786. The van der Waals surface area contributed by atoms with Crippen LogP contribution in [0.15, 0.2) is 30.7 Å². The molecule has 0 radical (unpaired) electrons. The second-order valence-corrected chi connectivity index (χ2v) is 2.62. The summed E-state index contributed by atoms with van der Waals surface area (Å²) in [7, 11) is 0. The molecule has 1 aromatic carbocycles. The van der Waals surface area contributed by atoms with Crippen molar-refractivity contribution in [2.45, 2.75) is 6.61 Å². The molecule has 0 amide bonds. The van der Waals surface area contributed by atoms with E-state index in [0.717, 1.165) is 5.39 Å². The van der Waals surface area contributed by atoms with E-state index >= 15 is 0 Å². The zero-order valence-electron chi connectivity index (χ0n) is 7.02. The Morgan fingerprint density at radius 1 is 1.29 bits per heavy atom. The van der Waals surface area contributed by atoms with Crippen LogP contribution in [0, 0.1) is 0 Å². The topological polar surface area (TPSA) is 35.0 Å². The van der Waals surface area contributed by atoms with Gasteiger partial charge in [-0.3, -0.25) is 0 Å². The molecule has 0 fully saturated rings. The minimum atomic E-state index is -2.81. The Labute approximate surface area is 78.4 Å². The molecule has 0 N–H and O–H groups in total. The van der Waals surface area contributed by atoms with Gasteiger partial charge in [0.25, 0.3) is 0 Å². The monoisotopic (exact) mass is 196 g/mol. The van der Waals surface area contributed by atoms with Crippen LogP contribution in [-0.4, -0.2) is 16.6 Å². The van der Waals surface area contributed by atoms with Gasteiger partial charge in [-0.25, -0.2) is 9.97 Å². The van der Waals surface area contributed by atoms with Gasteiger partial charge in [0.05, 0.1) is 5.52 Å². The smallest absolute Gasteiger partial charge is 0.387 e. The predicted molar refractivity (Wildman–Crippen MR) is 46.2 cm³/mol. The van der Waals surface area contributed by atoms with E-state index in [1.807, 2.05) is 0 Å². The summed E-state index contributed by atoms with van der Waals surface area (Å²) in [4.78, 5) is 7.72. The van der Waals surface area contributed by atoms with Gasteiger partial charge < -0.3 is 4.74 Å². The molecule has 5 heteroatoms. The molecule has 0 aliphatic heterocycles. The Bertz CT molecular complexity index is 448. The van der Waals surface area contributed by atoms with Crippen LogP contribution in [0.3, 0.4) is 0 Å². The third-order valence-electron chi connectivity index (χ3n) is 1.70. The van der Waals surface area contributed by atoms with Gasteiger partial charge in [0, 0.05) is 17.6 Å². The molecule has 14 heavy (non-hydrogen) atoms. The van der Waals surface area contributed by atoms with Crippen molar-refractivity contribution in [2.75, 3.05) is 0 Å². The number of benzene rings is 1. The molecule has 0 unspecified atom stereocenters. The summed E-state index contributed by atoms with van der Waals surface area (Å²) in [6.45, 7) is -2.81. The van der Waals surface area contributed by atoms with Crippen LogP contribution in [0.5, 0.6) is 5.75 Å². The van der Waals surface area contributed by atoms with Crippen LogP contribution >= 0.6 is 0 Å². The second-order valence-electron chi connectivity index (χ2n) is 2.62. The first-order valence-electron chi connectivity index (χ1n) is 3.90. The average Bonchev–Trinajstić information content (AvgIpc) is 2.17. The van der Waals surface area contributed by atoms with Crippen LogP contribution in [0.1, 0.15) is 0 Å². The summed E-state index contributed by atoms with van der Waals surface area (Å²) < 4.78 is 28.0. The Balaban J connectivity index is 2.41. The van der Waals surface area contributed by atoms with Crippen molar-refractivity contribution in [3.8, 4) is 5.75 Å². The highest BCUT2D eigenvalue weighted by molar-refractivity contribution is 5.78. The van der Waals surface area contributed by atoms with Crippen LogP contribution < -0.4 is 4.74 Å². The van der Waals surface area contributed by atoms with Crippen molar-refractivity contribution in [1.29, 1.82) is 0 Å². The molecular formula is C9H6F2N2O. The molecule has 0 aliphatic rings. The first-order chi connectivity index (χ1) is 6.75. The summed E-state index contributed by atoms with van der Waals surface area (Å²) in [6.07, 6.45) is 2.96. The number of halogens is 2. The van der Waals surface area contributed by atoms with Crippen LogP contribution in [0.25, 0.3) is 10.9 Å². The third kappa shape index (κ3) is 1.76. The summed E-state index contributed by atoms with van der Waals surface area (Å²) >= 11 is 0. The van der Waals surface area contributed by atoms with E-state index in [9.17, 15) is 8.78 Å². The van der Waals surface area contributed by atoms with Gasteiger partial charge in [-0.1, -0.05) is 0 Å². The number of aromatic nitrogens is 2. The van der Waals surface area contributed by atoms with Gasteiger partial charge in [0.1, 0.15) is 12.1 Å². The lowest BCUT2D eigenvalue weighted by molar-refractivity contribution is -0.0497. The zero-order valence-corrected chi connectivity index (χ0v) is 7.02. The molecule has 2 rings (SSSR count). The molecule has 1 heterocycles. The first-order valence-corrected chi connectivity index (χ1v) is 3.90. The molecule has 0 aliphatic carbocycles. The quantitative estimate of drug-likeness (QED) is 0.738. The van der Waals surface area contributed by atoms with Crippen molar-refractivity contribution >= 4 is 10.9 Å². The van der Waals surface area contributed by atoms with Gasteiger partial charge in [0.2, 0.25) is 0 Å². The average molecular weight is 196 g/mol. The Morgan fingerprint density at radius 2 is 2.14 bits per heavy atom. The van der Waals surface area contributed by atoms with Crippen molar-refractivity contribution in [1.82, 2.24) is 9.97 Å². The fraction of sp³-hybridized carbons (Fsp3) is 0.111. The third-order valence-corrected chi connectivity index (χ3v) is 1.70. The largest absolute Gasteiger partial charge is 0.435 e. The fourth-order valence-electron chi connectivity index (χ4n) is 1.13. The number of ether oxygens (including phenoxy) is 1.